The maximum atomic E-state index is 6.59. The summed E-state index contributed by atoms with van der Waals surface area (Å²) < 4.78 is 11.9. The molecular weight excluding hydrogens is 488 g/mol. The quantitative estimate of drug-likeness (QED) is 0.314. The van der Waals surface area contributed by atoms with Crippen LogP contribution < -0.4 is 5.73 Å². The summed E-state index contributed by atoms with van der Waals surface area (Å²) in [6, 6.07) is 6.98. The summed E-state index contributed by atoms with van der Waals surface area (Å²) in [6.45, 7) is 4.66. The first kappa shape index (κ1) is 23.7. The summed E-state index contributed by atoms with van der Waals surface area (Å²) in [4.78, 5) is 11.8. The fraction of sp³-hybridized carbons (Fsp3) is 0.583. The lowest BCUT2D eigenvalue weighted by Crippen LogP contribution is -2.44. The fourth-order valence-electron chi connectivity index (χ4n) is 5.22. The summed E-state index contributed by atoms with van der Waals surface area (Å²) in [6.07, 6.45) is 5.68. The normalized spacial score (nSPS) is 25.5. The van der Waals surface area contributed by atoms with Crippen LogP contribution in [-0.2, 0) is 15.9 Å². The summed E-state index contributed by atoms with van der Waals surface area (Å²) in [5.74, 6) is 0.551. The van der Waals surface area contributed by atoms with Crippen molar-refractivity contribution in [3.05, 3.63) is 39.3 Å². The van der Waals surface area contributed by atoms with Gasteiger partial charge in [0.1, 0.15) is 16.3 Å². The summed E-state index contributed by atoms with van der Waals surface area (Å²) in [5, 5.41) is 3.04. The van der Waals surface area contributed by atoms with E-state index in [1.165, 1.54) is 11.1 Å². The molecule has 1 aromatic heterocycles. The van der Waals surface area contributed by atoms with Crippen LogP contribution in [0.2, 0.25) is 0 Å². The number of nitrogens with zero attached hydrogens (tertiary/aromatic N) is 3. The van der Waals surface area contributed by atoms with E-state index in [1.54, 1.807) is 18.4 Å². The van der Waals surface area contributed by atoms with Gasteiger partial charge in [-0.05, 0) is 79.1 Å². The second kappa shape index (κ2) is 9.79. The molecule has 8 heteroatoms. The molecule has 0 saturated heterocycles. The molecule has 1 fully saturated rings. The second-order valence-electron chi connectivity index (χ2n) is 9.23. The van der Waals surface area contributed by atoms with Gasteiger partial charge in [0.25, 0.3) is 0 Å². The zero-order chi connectivity index (χ0) is 22.9. The van der Waals surface area contributed by atoms with Crippen LogP contribution in [0.25, 0.3) is 10.6 Å². The lowest BCUT2D eigenvalue weighted by molar-refractivity contribution is 0.0206. The lowest BCUT2D eigenvalue weighted by atomic mass is 9.68. The number of thiazole rings is 1. The predicted molar refractivity (Wildman–Crippen MR) is 134 cm³/mol. The van der Waals surface area contributed by atoms with Crippen molar-refractivity contribution in [2.75, 3.05) is 21.0 Å². The van der Waals surface area contributed by atoms with Crippen LogP contribution >= 0.6 is 27.3 Å². The van der Waals surface area contributed by atoms with Gasteiger partial charge in [0.2, 0.25) is 0 Å². The van der Waals surface area contributed by atoms with Crippen molar-refractivity contribution >= 4 is 33.2 Å². The molecule has 2 aliphatic rings. The molecule has 2 aliphatic carbocycles. The Morgan fingerprint density at radius 1 is 1.34 bits per heavy atom. The Morgan fingerprint density at radius 2 is 2.09 bits per heavy atom. The van der Waals surface area contributed by atoms with E-state index in [2.05, 4.69) is 53.0 Å². The number of rotatable bonds is 6. The van der Waals surface area contributed by atoms with Gasteiger partial charge < -0.3 is 20.1 Å². The molecule has 174 valence electrons. The summed E-state index contributed by atoms with van der Waals surface area (Å²) in [5.41, 5.74) is 10.5. The standard InChI is InChI=1S/C24H33BrN4O2S/c1-15(2)29(14-30-3)23(26)28-21-19-11-16(22-27-20(25)13-32-22)5-6-17(19)12-24(21)9-7-18(31-4)8-10-24/h5-6,11,13,15,18,21H,7-10,12,14H2,1-4H3,(H2,26,28). The highest BCUT2D eigenvalue weighted by Crippen LogP contribution is 2.56. The molecule has 0 radical (unpaired) electrons. The number of halogens is 1. The van der Waals surface area contributed by atoms with E-state index in [9.17, 15) is 0 Å². The number of guanidine groups is 1. The van der Waals surface area contributed by atoms with Crippen molar-refractivity contribution in [3.63, 3.8) is 0 Å². The molecule has 0 aliphatic heterocycles. The minimum absolute atomic E-state index is 0.0248. The Morgan fingerprint density at radius 3 is 2.69 bits per heavy atom. The first-order chi connectivity index (χ1) is 15.4. The van der Waals surface area contributed by atoms with Gasteiger partial charge in [0, 0.05) is 36.6 Å². The van der Waals surface area contributed by atoms with Gasteiger partial charge in [-0.1, -0.05) is 12.1 Å². The van der Waals surface area contributed by atoms with Gasteiger partial charge >= 0.3 is 0 Å². The number of aromatic nitrogens is 1. The van der Waals surface area contributed by atoms with Crippen molar-refractivity contribution in [1.29, 1.82) is 0 Å². The Hall–Kier alpha value is -1.48. The smallest absolute Gasteiger partial charge is 0.193 e. The van der Waals surface area contributed by atoms with Gasteiger partial charge in [0.15, 0.2) is 5.96 Å². The van der Waals surface area contributed by atoms with Crippen LogP contribution in [0.4, 0.5) is 0 Å². The number of aliphatic imine (C=N–C) groups is 1. The van der Waals surface area contributed by atoms with Crippen LogP contribution in [-0.4, -0.2) is 48.9 Å². The SMILES string of the molecule is COCN(C(N)=NC1c2cc(-c3nc(Br)cs3)ccc2CC12CCC(OC)CC2)C(C)C. The van der Waals surface area contributed by atoms with E-state index in [0.29, 0.717) is 18.8 Å². The van der Waals surface area contributed by atoms with E-state index in [4.69, 9.17) is 20.2 Å². The van der Waals surface area contributed by atoms with Gasteiger partial charge in [0.05, 0.1) is 12.1 Å². The Labute approximate surface area is 203 Å². The monoisotopic (exact) mass is 520 g/mol. The number of hydrogen-bond donors (Lipinski definition) is 1. The molecule has 1 unspecified atom stereocenters. The first-order valence-corrected chi connectivity index (χ1v) is 12.9. The molecular formula is C24H33BrN4O2S. The molecule has 4 rings (SSSR count). The Balaban J connectivity index is 1.75. The van der Waals surface area contributed by atoms with E-state index >= 15 is 0 Å². The Bertz CT molecular complexity index is 969. The molecule has 6 nitrogen and oxygen atoms in total. The molecule has 1 aromatic carbocycles. The lowest BCUT2D eigenvalue weighted by Gasteiger charge is -2.40. The van der Waals surface area contributed by atoms with Crippen LogP contribution in [0.3, 0.4) is 0 Å². The third-order valence-corrected chi connectivity index (χ3v) is 8.60. The number of benzene rings is 1. The van der Waals surface area contributed by atoms with Gasteiger partial charge in [-0.15, -0.1) is 11.3 Å². The average molecular weight is 522 g/mol. The second-order valence-corrected chi connectivity index (χ2v) is 10.9. The Kier molecular flexibility index (Phi) is 7.24. The molecule has 0 amide bonds. The van der Waals surface area contributed by atoms with Crippen LogP contribution in [0.1, 0.15) is 56.7 Å². The minimum Gasteiger partial charge on any atom is -0.381 e. The zero-order valence-corrected chi connectivity index (χ0v) is 21.7. The molecule has 0 bridgehead atoms. The zero-order valence-electron chi connectivity index (χ0n) is 19.3. The first-order valence-electron chi connectivity index (χ1n) is 11.2. The van der Waals surface area contributed by atoms with E-state index < -0.39 is 0 Å². The molecule has 1 saturated carbocycles. The molecule has 1 atom stereocenters. The third-order valence-electron chi connectivity index (χ3n) is 7.00. The van der Waals surface area contributed by atoms with Gasteiger partial charge in [-0.2, -0.15) is 0 Å². The average Bonchev–Trinajstić information content (AvgIpc) is 3.33. The van der Waals surface area contributed by atoms with E-state index in [-0.39, 0.29) is 17.5 Å². The van der Waals surface area contributed by atoms with Crippen molar-refractivity contribution in [2.45, 2.75) is 64.1 Å². The topological polar surface area (TPSA) is 73.0 Å². The van der Waals surface area contributed by atoms with Crippen LogP contribution in [0.15, 0.2) is 33.2 Å². The van der Waals surface area contributed by atoms with E-state index in [1.807, 2.05) is 17.4 Å². The summed E-state index contributed by atoms with van der Waals surface area (Å²) in [7, 11) is 3.52. The van der Waals surface area contributed by atoms with Crippen LogP contribution in [0.5, 0.6) is 0 Å². The maximum Gasteiger partial charge on any atom is 0.193 e. The molecule has 2 aromatic rings. The van der Waals surface area contributed by atoms with Crippen molar-refractivity contribution in [1.82, 2.24) is 9.88 Å². The number of methoxy groups -OCH3 is 2. The number of fused-ring (bicyclic) bond motifs is 1. The van der Waals surface area contributed by atoms with Crippen molar-refractivity contribution < 1.29 is 9.47 Å². The molecule has 1 heterocycles. The van der Waals surface area contributed by atoms with Gasteiger partial charge in [-0.25, -0.2) is 9.98 Å². The van der Waals surface area contributed by atoms with E-state index in [0.717, 1.165) is 47.3 Å². The number of hydrogen-bond acceptors (Lipinski definition) is 5. The highest BCUT2D eigenvalue weighted by molar-refractivity contribution is 9.10. The predicted octanol–water partition coefficient (Wildman–Crippen LogP) is 5.37. The van der Waals surface area contributed by atoms with Gasteiger partial charge in [-0.3, -0.25) is 0 Å². The molecule has 1 spiro atoms. The minimum atomic E-state index is 0.0248. The highest BCUT2D eigenvalue weighted by Gasteiger charge is 2.48. The number of nitrogens with two attached hydrogens (primary N) is 1. The fourth-order valence-corrected chi connectivity index (χ4v) is 6.47. The van der Waals surface area contributed by atoms with Crippen LogP contribution in [0, 0.1) is 5.41 Å². The van der Waals surface area contributed by atoms with Crippen molar-refractivity contribution in [2.24, 2.45) is 16.1 Å². The highest BCUT2D eigenvalue weighted by atomic mass is 79.9. The molecule has 2 N–H and O–H groups in total. The third kappa shape index (κ3) is 4.60. The summed E-state index contributed by atoms with van der Waals surface area (Å²) >= 11 is 5.13. The largest absolute Gasteiger partial charge is 0.381 e. The number of ether oxygens (including phenoxy) is 2. The molecule has 32 heavy (non-hydrogen) atoms. The van der Waals surface area contributed by atoms with Crippen molar-refractivity contribution in [3.8, 4) is 10.6 Å². The maximum absolute atomic E-state index is 6.59.